The lowest BCUT2D eigenvalue weighted by Crippen LogP contribution is -2.47. The van der Waals surface area contributed by atoms with Crippen LogP contribution in [0.1, 0.15) is 53.9 Å². The van der Waals surface area contributed by atoms with Crippen LogP contribution in [0.5, 0.6) is 0 Å². The molecule has 0 unspecified atom stereocenters. The Balaban J connectivity index is 2.06. The van der Waals surface area contributed by atoms with Crippen LogP contribution in [0.2, 0.25) is 0 Å². The van der Waals surface area contributed by atoms with Crippen molar-refractivity contribution in [2.45, 2.75) is 65.1 Å². The minimum atomic E-state index is -1.83. The Morgan fingerprint density at radius 3 is 2.33 bits per heavy atom. The minimum absolute atomic E-state index is 0.104. The van der Waals surface area contributed by atoms with Gasteiger partial charge < -0.3 is 10.2 Å². The Morgan fingerprint density at radius 2 is 1.71 bits per heavy atom. The van der Waals surface area contributed by atoms with Crippen LogP contribution in [-0.4, -0.2) is 33.0 Å². The molecule has 4 heteroatoms. The molecule has 0 aliphatic heterocycles. The molecule has 5 atom stereocenters. The summed E-state index contributed by atoms with van der Waals surface area (Å²) in [5.41, 5.74) is -1.88. The Morgan fingerprint density at radius 1 is 1.08 bits per heavy atom. The topological polar surface area (TPSA) is 74.6 Å². The van der Waals surface area contributed by atoms with E-state index in [2.05, 4.69) is 13.8 Å². The molecule has 24 heavy (non-hydrogen) atoms. The fourth-order valence-corrected chi connectivity index (χ4v) is 4.79. The average molecular weight is 332 g/mol. The van der Waals surface area contributed by atoms with Crippen LogP contribution < -0.4 is 0 Å². The highest BCUT2D eigenvalue weighted by atomic mass is 16.3. The third kappa shape index (κ3) is 2.51. The highest BCUT2D eigenvalue weighted by molar-refractivity contribution is 6.12. The Kier molecular flexibility index (Phi) is 3.75. The van der Waals surface area contributed by atoms with Gasteiger partial charge >= 0.3 is 0 Å². The predicted octanol–water partition coefficient (Wildman–Crippen LogP) is 2.59. The molecule has 0 aromatic carbocycles. The van der Waals surface area contributed by atoms with Gasteiger partial charge in [-0.25, -0.2) is 0 Å². The third-order valence-corrected chi connectivity index (χ3v) is 6.60. The Bertz CT molecular complexity index is 667. The Hall–Kier alpha value is -1.26. The van der Waals surface area contributed by atoms with Crippen LogP contribution >= 0.6 is 0 Å². The van der Waals surface area contributed by atoms with E-state index in [-0.39, 0.29) is 23.5 Å². The van der Waals surface area contributed by atoms with Crippen molar-refractivity contribution in [3.8, 4) is 0 Å². The lowest BCUT2D eigenvalue weighted by molar-refractivity contribution is -0.141. The maximum Gasteiger partial charge on any atom is 0.194 e. The molecule has 2 N–H and O–H groups in total. The molecule has 0 bridgehead atoms. The molecule has 0 aromatic rings. The van der Waals surface area contributed by atoms with Crippen molar-refractivity contribution in [3.05, 3.63) is 23.3 Å². The minimum Gasteiger partial charge on any atom is -0.390 e. The molecule has 0 aromatic heterocycles. The van der Waals surface area contributed by atoms with Gasteiger partial charge in [0.2, 0.25) is 0 Å². The number of carbonyl (C=O) groups excluding carboxylic acids is 2. The molecule has 1 fully saturated rings. The number of aliphatic hydroxyl groups is 2. The molecule has 0 heterocycles. The fourth-order valence-electron chi connectivity index (χ4n) is 4.79. The molecule has 3 aliphatic carbocycles. The van der Waals surface area contributed by atoms with Crippen molar-refractivity contribution in [1.29, 1.82) is 0 Å². The van der Waals surface area contributed by atoms with Crippen molar-refractivity contribution >= 4 is 11.6 Å². The average Bonchev–Trinajstić information content (AvgIpc) is 2.91. The van der Waals surface area contributed by atoms with Gasteiger partial charge in [-0.15, -0.1) is 0 Å². The van der Waals surface area contributed by atoms with Crippen LogP contribution in [0.4, 0.5) is 0 Å². The zero-order valence-electron chi connectivity index (χ0n) is 15.2. The molecular formula is C20H28O4. The molecule has 4 nitrogen and oxygen atoms in total. The number of Topliss-reactive ketones (excluding diaryl/α,β-unsaturated/α-hetero) is 2. The van der Waals surface area contributed by atoms with Crippen LogP contribution in [0, 0.1) is 23.2 Å². The summed E-state index contributed by atoms with van der Waals surface area (Å²) in [6, 6.07) is 0. The second-order valence-corrected chi connectivity index (χ2v) is 8.94. The number of allylic oxidation sites excluding steroid dienone is 2. The van der Waals surface area contributed by atoms with E-state index in [1.165, 1.54) is 6.08 Å². The summed E-state index contributed by atoms with van der Waals surface area (Å²) < 4.78 is 0. The molecule has 0 radical (unpaired) electrons. The van der Waals surface area contributed by atoms with Gasteiger partial charge in [-0.2, -0.15) is 0 Å². The van der Waals surface area contributed by atoms with Crippen LogP contribution in [0.3, 0.4) is 0 Å². The van der Waals surface area contributed by atoms with E-state index in [0.29, 0.717) is 23.5 Å². The van der Waals surface area contributed by atoms with Gasteiger partial charge in [-0.3, -0.25) is 9.59 Å². The molecular weight excluding hydrogens is 304 g/mol. The number of rotatable bonds is 0. The smallest absolute Gasteiger partial charge is 0.194 e. The van der Waals surface area contributed by atoms with Crippen LogP contribution in [-0.2, 0) is 9.59 Å². The van der Waals surface area contributed by atoms with Gasteiger partial charge in [0.05, 0.1) is 11.5 Å². The summed E-state index contributed by atoms with van der Waals surface area (Å²) in [5.74, 6) is -0.835. The highest BCUT2D eigenvalue weighted by Gasteiger charge is 2.58. The van der Waals surface area contributed by atoms with Crippen molar-refractivity contribution in [2.75, 3.05) is 0 Å². The van der Waals surface area contributed by atoms with Gasteiger partial charge in [0, 0.05) is 0 Å². The van der Waals surface area contributed by atoms with Crippen LogP contribution in [0.25, 0.3) is 0 Å². The molecule has 0 spiro atoms. The number of ketones is 2. The predicted molar refractivity (Wildman–Crippen MR) is 91.2 cm³/mol. The SMILES string of the molecule is CC1=C[C@]2(O)C(=O)C(C)=C[C@@H]3[C@H](CC[C@](C)(O)C[C@H]2C1=O)C3(C)C. The molecule has 132 valence electrons. The van der Waals surface area contributed by atoms with E-state index in [1.807, 2.05) is 6.08 Å². The van der Waals surface area contributed by atoms with Gasteiger partial charge in [0.1, 0.15) is 0 Å². The summed E-state index contributed by atoms with van der Waals surface area (Å²) in [6.07, 6.45) is 4.89. The first-order valence-corrected chi connectivity index (χ1v) is 8.82. The van der Waals surface area contributed by atoms with Gasteiger partial charge in [-0.05, 0) is 74.5 Å². The maximum absolute atomic E-state index is 13.0. The monoisotopic (exact) mass is 332 g/mol. The van der Waals surface area contributed by atoms with Gasteiger partial charge in [0.25, 0.3) is 0 Å². The second-order valence-electron chi connectivity index (χ2n) is 8.94. The summed E-state index contributed by atoms with van der Waals surface area (Å²) in [7, 11) is 0. The molecule has 3 aliphatic rings. The maximum atomic E-state index is 13.0. The fraction of sp³-hybridized carbons (Fsp3) is 0.700. The van der Waals surface area contributed by atoms with Crippen LogP contribution in [0.15, 0.2) is 23.3 Å². The van der Waals surface area contributed by atoms with Crippen molar-refractivity contribution in [3.63, 3.8) is 0 Å². The van der Waals surface area contributed by atoms with Gasteiger partial charge in [-0.1, -0.05) is 19.9 Å². The van der Waals surface area contributed by atoms with Crippen molar-refractivity contribution in [1.82, 2.24) is 0 Å². The molecule has 0 saturated heterocycles. The van der Waals surface area contributed by atoms with E-state index in [9.17, 15) is 19.8 Å². The number of hydrogen-bond donors (Lipinski definition) is 2. The van der Waals surface area contributed by atoms with Crippen molar-refractivity contribution < 1.29 is 19.8 Å². The molecule has 1 saturated carbocycles. The van der Waals surface area contributed by atoms with E-state index in [4.69, 9.17) is 0 Å². The summed E-state index contributed by atoms with van der Waals surface area (Å²) in [4.78, 5) is 25.5. The van der Waals surface area contributed by atoms with E-state index in [1.54, 1.807) is 20.8 Å². The largest absolute Gasteiger partial charge is 0.390 e. The second kappa shape index (κ2) is 5.12. The zero-order valence-corrected chi connectivity index (χ0v) is 15.2. The first-order chi connectivity index (χ1) is 10.9. The summed E-state index contributed by atoms with van der Waals surface area (Å²) in [5, 5.41) is 21.9. The zero-order chi connectivity index (χ0) is 18.1. The number of hydrogen-bond acceptors (Lipinski definition) is 4. The highest BCUT2D eigenvalue weighted by Crippen LogP contribution is 2.62. The number of fused-ring (bicyclic) bond motifs is 2. The van der Waals surface area contributed by atoms with E-state index >= 15 is 0 Å². The lowest BCUT2D eigenvalue weighted by Gasteiger charge is -2.33. The first-order valence-electron chi connectivity index (χ1n) is 8.82. The summed E-state index contributed by atoms with van der Waals surface area (Å²) >= 11 is 0. The van der Waals surface area contributed by atoms with E-state index in [0.717, 1.165) is 6.42 Å². The normalized spacial score (nSPS) is 44.9. The summed E-state index contributed by atoms with van der Waals surface area (Å²) in [6.45, 7) is 9.42. The number of carbonyl (C=O) groups is 2. The standard InChI is InChI=1S/C20H28O4/c1-11-8-14-13(18(14,3)4)6-7-19(5,23)10-15-16(21)12(2)9-20(15,24)17(11)22/h8-9,13-15,23-24H,6-7,10H2,1-5H3/t13-,14+,15-,19-,20+/m0/s1. The quantitative estimate of drug-likeness (QED) is 0.715. The lowest BCUT2D eigenvalue weighted by atomic mass is 9.76. The van der Waals surface area contributed by atoms with Gasteiger partial charge in [0.15, 0.2) is 17.2 Å². The molecule has 0 amide bonds. The van der Waals surface area contributed by atoms with E-state index < -0.39 is 22.9 Å². The molecule has 3 rings (SSSR count). The first kappa shape index (κ1) is 17.6. The third-order valence-electron chi connectivity index (χ3n) is 6.60. The Labute approximate surface area is 143 Å². The van der Waals surface area contributed by atoms with Crippen molar-refractivity contribution in [2.24, 2.45) is 23.2 Å².